The molecule has 0 unspecified atom stereocenters. The maximum Gasteiger partial charge on any atom is 0.204 e. The highest BCUT2D eigenvalue weighted by Gasteiger charge is 2.24. The van der Waals surface area contributed by atoms with Crippen molar-refractivity contribution >= 4 is 6.29 Å². The second-order valence-electron chi connectivity index (χ2n) is 1.69. The van der Waals surface area contributed by atoms with Gasteiger partial charge in [-0.2, -0.15) is 5.06 Å². The molecule has 1 aliphatic heterocycles. The summed E-state index contributed by atoms with van der Waals surface area (Å²) >= 11 is 0. The van der Waals surface area contributed by atoms with Crippen LogP contribution in [0, 0.1) is 5.92 Å². The van der Waals surface area contributed by atoms with Gasteiger partial charge in [-0.05, 0) is 0 Å². The number of carbonyl (C=O) groups excluding carboxylic acids is 1. The number of nitrogens with zero attached hydrogens (tertiary/aromatic N) is 1. The maximum absolute atomic E-state index is 9.67. The molecule has 0 spiro atoms. The molecule has 0 amide bonds. The lowest BCUT2D eigenvalue weighted by atomic mass is 10.1. The third-order valence-corrected chi connectivity index (χ3v) is 1.03. The molecule has 3 heteroatoms. The zero-order valence-corrected chi connectivity index (χ0v) is 3.79. The van der Waals surface area contributed by atoms with E-state index < -0.39 is 0 Å². The summed E-state index contributed by atoms with van der Waals surface area (Å²) in [7, 11) is 0. The van der Waals surface area contributed by atoms with E-state index in [-0.39, 0.29) is 5.92 Å². The molecule has 7 heavy (non-hydrogen) atoms. The van der Waals surface area contributed by atoms with Crippen LogP contribution in [0.4, 0.5) is 0 Å². The summed E-state index contributed by atoms with van der Waals surface area (Å²) in [5.74, 6) is -0.0370. The topological polar surface area (TPSA) is 40.5 Å². The van der Waals surface area contributed by atoms with Crippen LogP contribution in [0.25, 0.3) is 0 Å². The van der Waals surface area contributed by atoms with Crippen LogP contribution in [0.15, 0.2) is 0 Å². The van der Waals surface area contributed by atoms with E-state index in [2.05, 4.69) is 0 Å². The van der Waals surface area contributed by atoms with Crippen LogP contribution in [0.2, 0.25) is 0 Å². The van der Waals surface area contributed by atoms with Crippen molar-refractivity contribution < 1.29 is 10.0 Å². The molecule has 0 aromatic rings. The molecule has 1 rings (SSSR count). The minimum absolute atomic E-state index is 0.0370. The van der Waals surface area contributed by atoms with Crippen LogP contribution in [-0.2, 0) is 4.79 Å². The number of hydrogen-bond acceptors (Lipinski definition) is 3. The Kier molecular flexibility index (Phi) is 1.08. The van der Waals surface area contributed by atoms with Gasteiger partial charge in [0.2, 0.25) is 6.29 Å². The Balaban J connectivity index is 2.17. The molecule has 0 saturated carbocycles. The highest BCUT2D eigenvalue weighted by Crippen LogP contribution is 2.07. The van der Waals surface area contributed by atoms with Gasteiger partial charge in [0.25, 0.3) is 0 Å². The summed E-state index contributed by atoms with van der Waals surface area (Å²) in [5.41, 5.74) is 0. The average molecular weight is 100 g/mol. The van der Waals surface area contributed by atoms with Crippen LogP contribution < -0.4 is 0 Å². The molecule has 0 bridgehead atoms. The fourth-order valence-electron chi connectivity index (χ4n) is 0.530. The molecular weight excluding hydrogens is 94.0 g/mol. The first-order chi connectivity index (χ1) is 3.33. The average Bonchev–Trinajstić information content (AvgIpc) is 1.58. The van der Waals surface area contributed by atoms with Crippen molar-refractivity contribution in [3.05, 3.63) is 0 Å². The molecule has 39 valence electrons. The molecule has 1 heterocycles. The molecule has 1 fully saturated rings. The van der Waals surface area contributed by atoms with Gasteiger partial charge in [0.05, 0.1) is 5.92 Å². The normalized spacial score (nSPS) is 24.1. The molecule has 1 N–H and O–H groups in total. The summed E-state index contributed by atoms with van der Waals surface area (Å²) in [5, 5.41) is 9.50. The zero-order valence-electron chi connectivity index (χ0n) is 3.79. The van der Waals surface area contributed by atoms with Crippen molar-refractivity contribution in [1.82, 2.24) is 5.06 Å². The van der Waals surface area contributed by atoms with Crippen molar-refractivity contribution in [3.63, 3.8) is 0 Å². The van der Waals surface area contributed by atoms with Crippen molar-refractivity contribution in [2.45, 2.75) is 0 Å². The summed E-state index contributed by atoms with van der Waals surface area (Å²) in [6.45, 7) is 0.924. The second-order valence-corrected chi connectivity index (χ2v) is 1.69. The lowest BCUT2D eigenvalue weighted by molar-refractivity contribution is -0.153. The number of rotatable bonds is 1. The fraction of sp³-hybridized carbons (Fsp3) is 0.750. The Morgan fingerprint density at radius 1 is 1.71 bits per heavy atom. The predicted molar refractivity (Wildman–Crippen MR) is 22.5 cm³/mol. The highest BCUT2D eigenvalue weighted by molar-refractivity contribution is 5.56. The van der Waals surface area contributed by atoms with E-state index in [0.717, 1.165) is 5.06 Å². The Labute approximate surface area is 41.5 Å². The minimum Gasteiger partial charge on any atom is -0.314 e. The summed E-state index contributed by atoms with van der Waals surface area (Å²) in [6, 6.07) is 0. The van der Waals surface area contributed by atoms with E-state index in [0.29, 0.717) is 13.1 Å². The van der Waals surface area contributed by atoms with E-state index in [1.54, 1.807) is 6.29 Å². The van der Waals surface area contributed by atoms with Crippen molar-refractivity contribution in [2.75, 3.05) is 13.1 Å². The predicted octanol–water partition coefficient (Wildman–Crippen LogP) is -0.583. The molecule has 3 nitrogen and oxygen atoms in total. The van der Waals surface area contributed by atoms with Crippen LogP contribution >= 0.6 is 0 Å². The number of hydroxylamine groups is 2. The van der Waals surface area contributed by atoms with Crippen LogP contribution in [0.3, 0.4) is 0 Å². The van der Waals surface area contributed by atoms with Gasteiger partial charge < -0.3 is 5.21 Å². The first-order valence-corrected chi connectivity index (χ1v) is 2.14. The molecule has 1 saturated heterocycles. The minimum atomic E-state index is -0.0370. The number of hydrogen-bond donors (Lipinski definition) is 1. The van der Waals surface area contributed by atoms with Gasteiger partial charge in [-0.15, -0.1) is 0 Å². The Morgan fingerprint density at radius 3 is 2.43 bits per heavy atom. The third kappa shape index (κ3) is 0.783. The van der Waals surface area contributed by atoms with E-state index in [4.69, 9.17) is 5.21 Å². The molecule has 1 radical (unpaired) electrons. The molecule has 0 aromatic heterocycles. The molecule has 1 aliphatic rings. The van der Waals surface area contributed by atoms with Crippen molar-refractivity contribution in [2.24, 2.45) is 5.92 Å². The smallest absolute Gasteiger partial charge is 0.204 e. The van der Waals surface area contributed by atoms with Gasteiger partial charge in [0, 0.05) is 13.1 Å². The van der Waals surface area contributed by atoms with E-state index >= 15 is 0 Å². The van der Waals surface area contributed by atoms with E-state index in [9.17, 15) is 4.79 Å². The Hall–Kier alpha value is -0.410. The highest BCUT2D eigenvalue weighted by atomic mass is 16.5. The van der Waals surface area contributed by atoms with E-state index in [1.165, 1.54) is 0 Å². The first-order valence-electron chi connectivity index (χ1n) is 2.14. The molecule has 0 aromatic carbocycles. The molecule has 0 aliphatic carbocycles. The zero-order chi connectivity index (χ0) is 5.28. The fourth-order valence-corrected chi connectivity index (χ4v) is 0.530. The van der Waals surface area contributed by atoms with Gasteiger partial charge in [-0.1, -0.05) is 0 Å². The SMILES string of the molecule is O=[C]C1CN(O)C1. The van der Waals surface area contributed by atoms with Gasteiger partial charge in [0.1, 0.15) is 0 Å². The monoisotopic (exact) mass is 100 g/mol. The van der Waals surface area contributed by atoms with E-state index in [1.807, 2.05) is 0 Å². The summed E-state index contributed by atoms with van der Waals surface area (Å²) in [4.78, 5) is 9.67. The quantitative estimate of drug-likeness (QED) is 0.479. The molecule has 0 atom stereocenters. The Bertz CT molecular complexity index is 77.8. The second kappa shape index (κ2) is 1.60. The lowest BCUT2D eigenvalue weighted by Gasteiger charge is -2.28. The first kappa shape index (κ1) is 4.74. The van der Waals surface area contributed by atoms with Crippen LogP contribution in [0.5, 0.6) is 0 Å². The van der Waals surface area contributed by atoms with Crippen LogP contribution in [0.1, 0.15) is 0 Å². The van der Waals surface area contributed by atoms with Gasteiger partial charge in [-0.3, -0.25) is 4.79 Å². The summed E-state index contributed by atoms with van der Waals surface area (Å²) in [6.07, 6.45) is 1.78. The Morgan fingerprint density at radius 2 is 2.29 bits per heavy atom. The van der Waals surface area contributed by atoms with Crippen molar-refractivity contribution in [1.29, 1.82) is 0 Å². The van der Waals surface area contributed by atoms with Gasteiger partial charge in [-0.25, -0.2) is 0 Å². The summed E-state index contributed by atoms with van der Waals surface area (Å²) < 4.78 is 0. The lowest BCUT2D eigenvalue weighted by Crippen LogP contribution is -2.44. The van der Waals surface area contributed by atoms with Crippen molar-refractivity contribution in [3.8, 4) is 0 Å². The third-order valence-electron chi connectivity index (χ3n) is 1.03. The van der Waals surface area contributed by atoms with Gasteiger partial charge in [0.15, 0.2) is 0 Å². The largest absolute Gasteiger partial charge is 0.314 e. The van der Waals surface area contributed by atoms with Crippen LogP contribution in [-0.4, -0.2) is 29.6 Å². The molecular formula is C4H6NO2. The standard InChI is InChI=1S/C4H6NO2/c6-3-4-1-5(7)2-4/h4,7H,1-2H2. The maximum atomic E-state index is 9.67. The van der Waals surface area contributed by atoms with Gasteiger partial charge >= 0.3 is 0 Å².